The first-order valence-corrected chi connectivity index (χ1v) is 7.89. The molecule has 1 N–H and O–H groups in total. The van der Waals surface area contributed by atoms with Gasteiger partial charge in [-0.25, -0.2) is 0 Å². The summed E-state index contributed by atoms with van der Waals surface area (Å²) < 4.78 is 10.9. The van der Waals surface area contributed by atoms with E-state index in [0.717, 1.165) is 43.7 Å². The van der Waals surface area contributed by atoms with Crippen LogP contribution in [0.2, 0.25) is 0 Å². The second-order valence-electron chi connectivity index (χ2n) is 6.17. The highest BCUT2D eigenvalue weighted by atomic mass is 16.7. The van der Waals surface area contributed by atoms with Gasteiger partial charge in [-0.1, -0.05) is 6.07 Å². The molecule has 0 spiro atoms. The van der Waals surface area contributed by atoms with E-state index >= 15 is 0 Å². The first-order chi connectivity index (χ1) is 10.3. The number of piperazine rings is 1. The number of fused-ring (bicyclic) bond motifs is 1. The summed E-state index contributed by atoms with van der Waals surface area (Å²) in [7, 11) is 0. The fourth-order valence-electron chi connectivity index (χ4n) is 3.41. The second-order valence-corrected chi connectivity index (χ2v) is 6.17. The number of hydrogen-bond acceptors (Lipinski definition) is 5. The van der Waals surface area contributed by atoms with Crippen LogP contribution in [0.4, 0.5) is 0 Å². The maximum atomic E-state index is 5.49. The summed E-state index contributed by atoms with van der Waals surface area (Å²) in [5.41, 5.74) is 1.32. The van der Waals surface area contributed by atoms with Crippen molar-refractivity contribution in [2.24, 2.45) is 0 Å². The third-order valence-corrected chi connectivity index (χ3v) is 5.05. The Balaban J connectivity index is 1.40. The molecular weight excluding hydrogens is 266 g/mol. The van der Waals surface area contributed by atoms with Gasteiger partial charge in [-0.05, 0) is 24.6 Å². The Bertz CT molecular complexity index is 510. The van der Waals surface area contributed by atoms with Crippen LogP contribution in [0.25, 0.3) is 0 Å². The van der Waals surface area contributed by atoms with Crippen LogP contribution in [-0.2, 0) is 0 Å². The van der Waals surface area contributed by atoms with Gasteiger partial charge in [-0.15, -0.1) is 0 Å². The molecule has 0 bridgehead atoms. The molecule has 1 aromatic rings. The first kappa shape index (κ1) is 13.4. The SMILES string of the molecule is CC(c1ccc2c(c1)OCO2)N1CCN(C2CNC2)CC1. The summed E-state index contributed by atoms with van der Waals surface area (Å²) in [5, 5.41) is 3.36. The lowest BCUT2D eigenvalue weighted by atomic mass is 10.0. The molecular formula is C16H23N3O2. The van der Waals surface area contributed by atoms with E-state index in [4.69, 9.17) is 9.47 Å². The average molecular weight is 289 g/mol. The Hall–Kier alpha value is -1.30. The highest BCUT2D eigenvalue weighted by Crippen LogP contribution is 2.35. The van der Waals surface area contributed by atoms with Crippen LogP contribution >= 0.6 is 0 Å². The highest BCUT2D eigenvalue weighted by molar-refractivity contribution is 5.45. The number of hydrogen-bond donors (Lipinski definition) is 1. The number of ether oxygens (including phenoxy) is 2. The molecule has 4 rings (SSSR count). The monoisotopic (exact) mass is 289 g/mol. The van der Waals surface area contributed by atoms with Crippen LogP contribution in [-0.4, -0.2) is 61.9 Å². The largest absolute Gasteiger partial charge is 0.454 e. The molecule has 0 aromatic heterocycles. The minimum absolute atomic E-state index is 0.348. The molecule has 3 aliphatic heterocycles. The van der Waals surface area contributed by atoms with E-state index in [1.165, 1.54) is 18.7 Å². The van der Waals surface area contributed by atoms with Crippen molar-refractivity contribution >= 4 is 0 Å². The minimum Gasteiger partial charge on any atom is -0.454 e. The van der Waals surface area contributed by atoms with Gasteiger partial charge < -0.3 is 14.8 Å². The molecule has 5 nitrogen and oxygen atoms in total. The van der Waals surface area contributed by atoms with Gasteiger partial charge in [0.05, 0.1) is 0 Å². The summed E-state index contributed by atoms with van der Waals surface area (Å²) in [6, 6.07) is 7.54. The summed E-state index contributed by atoms with van der Waals surface area (Å²) in [6.07, 6.45) is 0. The smallest absolute Gasteiger partial charge is 0.231 e. The van der Waals surface area contributed by atoms with Crippen molar-refractivity contribution in [1.29, 1.82) is 0 Å². The fourth-order valence-corrected chi connectivity index (χ4v) is 3.41. The van der Waals surface area contributed by atoms with Crippen molar-refractivity contribution in [3.05, 3.63) is 23.8 Å². The molecule has 21 heavy (non-hydrogen) atoms. The zero-order chi connectivity index (χ0) is 14.2. The van der Waals surface area contributed by atoms with Gasteiger partial charge in [0.15, 0.2) is 11.5 Å². The van der Waals surface area contributed by atoms with Gasteiger partial charge in [-0.3, -0.25) is 9.80 Å². The lowest BCUT2D eigenvalue weighted by Gasteiger charge is -2.44. The number of rotatable bonds is 3. The van der Waals surface area contributed by atoms with E-state index < -0.39 is 0 Å². The normalized spacial score (nSPS) is 24.8. The molecule has 114 valence electrons. The molecule has 2 fully saturated rings. The quantitative estimate of drug-likeness (QED) is 0.901. The Labute approximate surface area is 125 Å². The molecule has 5 heteroatoms. The van der Waals surface area contributed by atoms with Crippen LogP contribution in [0.1, 0.15) is 18.5 Å². The fraction of sp³-hybridized carbons (Fsp3) is 0.625. The molecule has 0 aliphatic carbocycles. The summed E-state index contributed by atoms with van der Waals surface area (Å²) in [5.74, 6) is 1.76. The van der Waals surface area contributed by atoms with E-state index in [1.807, 2.05) is 6.07 Å². The molecule has 1 unspecified atom stereocenters. The van der Waals surface area contributed by atoms with Gasteiger partial charge in [0, 0.05) is 51.4 Å². The van der Waals surface area contributed by atoms with Crippen molar-refractivity contribution < 1.29 is 9.47 Å². The third kappa shape index (κ3) is 2.50. The molecule has 2 saturated heterocycles. The van der Waals surface area contributed by atoms with Crippen LogP contribution in [0.5, 0.6) is 11.5 Å². The number of benzene rings is 1. The average Bonchev–Trinajstić information content (AvgIpc) is 2.93. The highest BCUT2D eigenvalue weighted by Gasteiger charge is 2.29. The zero-order valence-corrected chi connectivity index (χ0v) is 12.5. The number of nitrogens with one attached hydrogen (secondary N) is 1. The van der Waals surface area contributed by atoms with Crippen molar-refractivity contribution in [2.45, 2.75) is 19.0 Å². The minimum atomic E-state index is 0.348. The topological polar surface area (TPSA) is 37.0 Å². The molecule has 3 aliphatic rings. The van der Waals surface area contributed by atoms with E-state index in [-0.39, 0.29) is 0 Å². The van der Waals surface area contributed by atoms with E-state index in [2.05, 4.69) is 34.2 Å². The maximum absolute atomic E-state index is 5.49. The molecule has 0 saturated carbocycles. The number of nitrogens with zero attached hydrogens (tertiary/aromatic N) is 2. The van der Waals surface area contributed by atoms with Crippen molar-refractivity contribution in [3.8, 4) is 11.5 Å². The summed E-state index contributed by atoms with van der Waals surface area (Å²) in [4.78, 5) is 5.19. The Morgan fingerprint density at radius 1 is 1.10 bits per heavy atom. The lowest BCUT2D eigenvalue weighted by molar-refractivity contribution is 0.0552. The standard InChI is InChI=1S/C16H23N3O2/c1-12(13-2-3-15-16(8-13)21-11-20-15)18-4-6-19(7-5-18)14-9-17-10-14/h2-3,8,12,14,17H,4-7,9-11H2,1H3. The predicted molar refractivity (Wildman–Crippen MR) is 80.8 cm³/mol. The summed E-state index contributed by atoms with van der Waals surface area (Å²) in [6.45, 7) is 9.62. The van der Waals surface area contributed by atoms with E-state index in [0.29, 0.717) is 12.8 Å². The third-order valence-electron chi connectivity index (χ3n) is 5.05. The predicted octanol–water partition coefficient (Wildman–Crippen LogP) is 1.07. The van der Waals surface area contributed by atoms with Crippen LogP contribution in [0.3, 0.4) is 0 Å². The molecule has 0 radical (unpaired) electrons. The van der Waals surface area contributed by atoms with Crippen LogP contribution in [0, 0.1) is 0 Å². The molecule has 1 atom stereocenters. The second kappa shape index (κ2) is 5.48. The van der Waals surface area contributed by atoms with E-state index in [1.54, 1.807) is 0 Å². The lowest BCUT2D eigenvalue weighted by Crippen LogP contribution is -2.61. The van der Waals surface area contributed by atoms with Crippen molar-refractivity contribution in [3.63, 3.8) is 0 Å². The van der Waals surface area contributed by atoms with Gasteiger partial charge in [0.2, 0.25) is 6.79 Å². The first-order valence-electron chi connectivity index (χ1n) is 7.89. The van der Waals surface area contributed by atoms with Gasteiger partial charge in [-0.2, -0.15) is 0 Å². The molecule has 0 amide bonds. The maximum Gasteiger partial charge on any atom is 0.231 e. The van der Waals surface area contributed by atoms with E-state index in [9.17, 15) is 0 Å². The Kier molecular flexibility index (Phi) is 3.49. The Morgan fingerprint density at radius 3 is 2.57 bits per heavy atom. The molecule has 1 aromatic carbocycles. The van der Waals surface area contributed by atoms with Gasteiger partial charge >= 0.3 is 0 Å². The summed E-state index contributed by atoms with van der Waals surface area (Å²) >= 11 is 0. The van der Waals surface area contributed by atoms with Gasteiger partial charge in [0.1, 0.15) is 0 Å². The Morgan fingerprint density at radius 2 is 1.86 bits per heavy atom. The van der Waals surface area contributed by atoms with Crippen molar-refractivity contribution in [2.75, 3.05) is 46.1 Å². The zero-order valence-electron chi connectivity index (χ0n) is 12.5. The van der Waals surface area contributed by atoms with Crippen LogP contribution in [0.15, 0.2) is 18.2 Å². The molecule has 3 heterocycles. The van der Waals surface area contributed by atoms with Gasteiger partial charge in [0.25, 0.3) is 0 Å². The van der Waals surface area contributed by atoms with Crippen molar-refractivity contribution in [1.82, 2.24) is 15.1 Å². The van der Waals surface area contributed by atoms with Crippen LogP contribution < -0.4 is 14.8 Å².